The summed E-state index contributed by atoms with van der Waals surface area (Å²) in [5.41, 5.74) is 1.91. The van der Waals surface area contributed by atoms with Crippen LogP contribution in [0, 0.1) is 0 Å². The smallest absolute Gasteiger partial charge is 0.267 e. The van der Waals surface area contributed by atoms with Gasteiger partial charge in [-0.15, -0.1) is 0 Å². The van der Waals surface area contributed by atoms with Gasteiger partial charge in [0, 0.05) is 50.7 Å². The van der Waals surface area contributed by atoms with Crippen LogP contribution in [0.5, 0.6) is 0 Å². The summed E-state index contributed by atoms with van der Waals surface area (Å²) in [5, 5.41) is 8.64. The molecule has 1 amide bonds. The monoisotopic (exact) mass is 308 g/mol. The highest BCUT2D eigenvalue weighted by atomic mass is 16.1. The van der Waals surface area contributed by atoms with Crippen molar-refractivity contribution in [2.45, 2.75) is 6.54 Å². The summed E-state index contributed by atoms with van der Waals surface area (Å²) in [6, 6.07) is 11.9. The molecule has 0 spiro atoms. The fourth-order valence-corrected chi connectivity index (χ4v) is 2.62. The van der Waals surface area contributed by atoms with Crippen molar-refractivity contribution in [1.82, 2.24) is 20.2 Å². The molecule has 0 atom stereocenters. The van der Waals surface area contributed by atoms with Crippen LogP contribution in [-0.2, 0) is 13.6 Å². The average Bonchev–Trinajstić information content (AvgIpc) is 3.00. The molecule has 3 aromatic rings. The van der Waals surface area contributed by atoms with Gasteiger partial charge in [-0.1, -0.05) is 18.2 Å². The van der Waals surface area contributed by atoms with Crippen LogP contribution < -0.4 is 10.6 Å². The largest absolute Gasteiger partial charge is 0.349 e. The molecule has 2 aromatic heterocycles. The van der Waals surface area contributed by atoms with Crippen molar-refractivity contribution in [2.24, 2.45) is 7.05 Å². The topological polar surface area (TPSA) is 59.0 Å². The number of hydrogen-bond donors (Lipinski definition) is 2. The minimum Gasteiger partial charge on any atom is -0.349 e. The number of nitrogens with one attached hydrogen (secondary N) is 2. The first-order chi connectivity index (χ1) is 11.3. The van der Waals surface area contributed by atoms with Crippen LogP contribution in [0.2, 0.25) is 0 Å². The van der Waals surface area contributed by atoms with Crippen molar-refractivity contribution in [3.05, 3.63) is 66.2 Å². The van der Waals surface area contributed by atoms with Crippen LogP contribution in [0.15, 0.2) is 55.0 Å². The zero-order valence-electron chi connectivity index (χ0n) is 13.1. The summed E-state index contributed by atoms with van der Waals surface area (Å²) >= 11 is 0. The van der Waals surface area contributed by atoms with E-state index in [0.717, 1.165) is 18.5 Å². The van der Waals surface area contributed by atoms with Crippen LogP contribution in [0.1, 0.15) is 16.1 Å². The second-order valence-electron chi connectivity index (χ2n) is 5.45. The first kappa shape index (κ1) is 15.2. The lowest BCUT2D eigenvalue weighted by Gasteiger charge is -2.09. The lowest BCUT2D eigenvalue weighted by Crippen LogP contribution is -2.32. The predicted octanol–water partition coefficient (Wildman–Crippen LogP) is 2.09. The fourth-order valence-electron chi connectivity index (χ4n) is 2.62. The SMILES string of the molecule is Cn1cccc1C(=O)NCCNCc1cccc2cnccc12. The highest BCUT2D eigenvalue weighted by Gasteiger charge is 2.07. The Morgan fingerprint density at radius 3 is 2.91 bits per heavy atom. The first-order valence-electron chi connectivity index (χ1n) is 7.67. The van der Waals surface area contributed by atoms with Gasteiger partial charge in [0.05, 0.1) is 0 Å². The number of hydrogen-bond acceptors (Lipinski definition) is 3. The Kier molecular flexibility index (Phi) is 4.68. The number of amides is 1. The van der Waals surface area contributed by atoms with Crippen LogP contribution in [-0.4, -0.2) is 28.5 Å². The molecule has 0 radical (unpaired) electrons. The van der Waals surface area contributed by atoms with Gasteiger partial charge < -0.3 is 15.2 Å². The zero-order chi connectivity index (χ0) is 16.1. The Hall–Kier alpha value is -2.66. The van der Waals surface area contributed by atoms with Gasteiger partial charge in [-0.25, -0.2) is 0 Å². The van der Waals surface area contributed by atoms with E-state index >= 15 is 0 Å². The van der Waals surface area contributed by atoms with Gasteiger partial charge in [0.15, 0.2) is 0 Å². The lowest BCUT2D eigenvalue weighted by atomic mass is 10.1. The molecule has 0 aliphatic rings. The van der Waals surface area contributed by atoms with Crippen molar-refractivity contribution < 1.29 is 4.79 Å². The summed E-state index contributed by atoms with van der Waals surface area (Å²) in [4.78, 5) is 16.1. The third kappa shape index (κ3) is 3.57. The molecule has 3 rings (SSSR count). The quantitative estimate of drug-likeness (QED) is 0.686. The van der Waals surface area contributed by atoms with Crippen LogP contribution in [0.25, 0.3) is 10.8 Å². The summed E-state index contributed by atoms with van der Waals surface area (Å²) in [7, 11) is 1.86. The molecule has 2 heterocycles. The molecule has 0 aliphatic carbocycles. The van der Waals surface area contributed by atoms with Gasteiger partial charge in [-0.3, -0.25) is 9.78 Å². The third-order valence-corrected chi connectivity index (χ3v) is 3.85. The van der Waals surface area contributed by atoms with Gasteiger partial charge in [-0.2, -0.15) is 0 Å². The molecule has 0 fully saturated rings. The molecule has 0 aliphatic heterocycles. The standard InChI is InChI=1S/C18H20N4O/c1-22-11-3-6-17(22)18(23)21-10-9-20-13-15-5-2-4-14-12-19-8-7-16(14)15/h2-8,11-12,20H,9-10,13H2,1H3,(H,21,23). The number of aromatic nitrogens is 2. The van der Waals surface area contributed by atoms with E-state index < -0.39 is 0 Å². The van der Waals surface area contributed by atoms with Crippen molar-refractivity contribution in [3.8, 4) is 0 Å². The Morgan fingerprint density at radius 1 is 1.17 bits per heavy atom. The van der Waals surface area contributed by atoms with Crippen LogP contribution >= 0.6 is 0 Å². The van der Waals surface area contributed by atoms with Gasteiger partial charge in [0.25, 0.3) is 5.91 Å². The van der Waals surface area contributed by atoms with E-state index in [1.54, 1.807) is 0 Å². The van der Waals surface area contributed by atoms with E-state index in [2.05, 4.69) is 27.8 Å². The highest BCUT2D eigenvalue weighted by molar-refractivity contribution is 5.92. The second kappa shape index (κ2) is 7.07. The number of fused-ring (bicyclic) bond motifs is 1. The molecule has 0 unspecified atom stereocenters. The van der Waals surface area contributed by atoms with E-state index in [-0.39, 0.29) is 5.91 Å². The van der Waals surface area contributed by atoms with Crippen LogP contribution in [0.3, 0.4) is 0 Å². The molecule has 118 valence electrons. The highest BCUT2D eigenvalue weighted by Crippen LogP contribution is 2.16. The maximum atomic E-state index is 12.0. The number of carbonyl (C=O) groups is 1. The normalized spacial score (nSPS) is 10.8. The Labute approximate surface area is 135 Å². The first-order valence-corrected chi connectivity index (χ1v) is 7.67. The molecule has 0 saturated heterocycles. The van der Waals surface area contributed by atoms with Crippen molar-refractivity contribution in [1.29, 1.82) is 0 Å². The van der Waals surface area contributed by atoms with Gasteiger partial charge in [0.2, 0.25) is 0 Å². The molecule has 5 nitrogen and oxygen atoms in total. The number of aryl methyl sites for hydroxylation is 1. The molecule has 0 saturated carbocycles. The molecule has 0 bridgehead atoms. The van der Waals surface area contributed by atoms with Gasteiger partial charge >= 0.3 is 0 Å². The maximum Gasteiger partial charge on any atom is 0.267 e. The predicted molar refractivity (Wildman–Crippen MR) is 91.2 cm³/mol. The zero-order valence-corrected chi connectivity index (χ0v) is 13.1. The summed E-state index contributed by atoms with van der Waals surface area (Å²) in [5.74, 6) is -0.0458. The molecule has 2 N–H and O–H groups in total. The molecule has 23 heavy (non-hydrogen) atoms. The lowest BCUT2D eigenvalue weighted by molar-refractivity contribution is 0.0946. The Bertz CT molecular complexity index is 804. The summed E-state index contributed by atoms with van der Waals surface area (Å²) in [6.07, 6.45) is 5.55. The maximum absolute atomic E-state index is 12.0. The fraction of sp³-hybridized carbons (Fsp3) is 0.222. The third-order valence-electron chi connectivity index (χ3n) is 3.85. The number of benzene rings is 1. The van der Waals surface area contributed by atoms with Gasteiger partial charge in [-0.05, 0) is 29.1 Å². The second-order valence-corrected chi connectivity index (χ2v) is 5.45. The van der Waals surface area contributed by atoms with E-state index in [4.69, 9.17) is 0 Å². The minimum absolute atomic E-state index is 0.0458. The van der Waals surface area contributed by atoms with Crippen LogP contribution in [0.4, 0.5) is 0 Å². The van der Waals surface area contributed by atoms with E-state index in [1.807, 2.05) is 54.5 Å². The van der Waals surface area contributed by atoms with Crippen molar-refractivity contribution in [2.75, 3.05) is 13.1 Å². The number of rotatable bonds is 6. The number of nitrogens with zero attached hydrogens (tertiary/aromatic N) is 2. The van der Waals surface area contributed by atoms with Gasteiger partial charge in [0.1, 0.15) is 5.69 Å². The minimum atomic E-state index is -0.0458. The molecule has 1 aromatic carbocycles. The van der Waals surface area contributed by atoms with E-state index in [9.17, 15) is 4.79 Å². The average molecular weight is 308 g/mol. The Balaban J connectivity index is 1.48. The summed E-state index contributed by atoms with van der Waals surface area (Å²) < 4.78 is 1.81. The summed E-state index contributed by atoms with van der Waals surface area (Å²) in [6.45, 7) is 2.08. The molecular formula is C18H20N4O. The van der Waals surface area contributed by atoms with E-state index in [0.29, 0.717) is 12.2 Å². The number of pyridine rings is 1. The Morgan fingerprint density at radius 2 is 2.09 bits per heavy atom. The van der Waals surface area contributed by atoms with Crippen molar-refractivity contribution >= 4 is 16.7 Å². The number of carbonyl (C=O) groups excluding carboxylic acids is 1. The van der Waals surface area contributed by atoms with E-state index in [1.165, 1.54) is 10.9 Å². The van der Waals surface area contributed by atoms with Crippen molar-refractivity contribution in [3.63, 3.8) is 0 Å². The molecule has 5 heteroatoms. The molecular weight excluding hydrogens is 288 g/mol.